The minimum atomic E-state index is -0.176. The van der Waals surface area contributed by atoms with E-state index in [1.165, 1.54) is 28.7 Å². The van der Waals surface area contributed by atoms with Gasteiger partial charge >= 0.3 is 0 Å². The molecule has 0 spiro atoms. The lowest BCUT2D eigenvalue weighted by Gasteiger charge is -2.07. The summed E-state index contributed by atoms with van der Waals surface area (Å²) in [7, 11) is 0. The van der Waals surface area contributed by atoms with Gasteiger partial charge in [0.05, 0.1) is 5.25 Å². The van der Waals surface area contributed by atoms with E-state index >= 15 is 0 Å². The van der Waals surface area contributed by atoms with Crippen LogP contribution in [0.15, 0.2) is 28.6 Å². The van der Waals surface area contributed by atoms with E-state index in [0.717, 1.165) is 15.2 Å². The lowest BCUT2D eigenvalue weighted by molar-refractivity contribution is -0.120. The van der Waals surface area contributed by atoms with E-state index in [1.54, 1.807) is 0 Å². The average Bonchev–Trinajstić information content (AvgIpc) is 2.89. The molecule has 1 aromatic heterocycles. The molecule has 5 nitrogen and oxygen atoms in total. The number of carbonyl (C=O) groups excluding carboxylic acids is 1. The van der Waals surface area contributed by atoms with Crippen molar-refractivity contribution < 1.29 is 4.79 Å². The summed E-state index contributed by atoms with van der Waals surface area (Å²) in [6, 6.07) is 8.08. The van der Waals surface area contributed by atoms with Gasteiger partial charge in [0.15, 0.2) is 4.34 Å². The number of nitrogens with zero attached hydrogens (tertiary/aromatic N) is 2. The monoisotopic (exact) mass is 322 g/mol. The molecular formula is C14H18N4OS2. The van der Waals surface area contributed by atoms with E-state index in [0.29, 0.717) is 6.54 Å². The Bertz CT molecular complexity index is 597. The van der Waals surface area contributed by atoms with Gasteiger partial charge in [0.2, 0.25) is 11.0 Å². The van der Waals surface area contributed by atoms with Gasteiger partial charge in [-0.3, -0.25) is 4.79 Å². The summed E-state index contributed by atoms with van der Waals surface area (Å²) in [5.74, 6) is 0.0192. The van der Waals surface area contributed by atoms with Crippen LogP contribution >= 0.6 is 23.1 Å². The number of aryl methyl sites for hydroxylation is 1. The molecule has 0 unspecified atom stereocenters. The van der Waals surface area contributed by atoms with Gasteiger partial charge in [-0.15, -0.1) is 10.2 Å². The molecule has 0 aliphatic carbocycles. The van der Waals surface area contributed by atoms with Crippen LogP contribution in [0.2, 0.25) is 0 Å². The zero-order valence-electron chi connectivity index (χ0n) is 12.2. The Hall–Kier alpha value is -1.60. The van der Waals surface area contributed by atoms with Crippen molar-refractivity contribution in [2.75, 3.05) is 11.9 Å². The summed E-state index contributed by atoms with van der Waals surface area (Å²) in [5, 5.41) is 14.8. The smallest absolute Gasteiger partial charge is 0.233 e. The number of thioether (sulfide) groups is 1. The Morgan fingerprint density at radius 3 is 2.71 bits per heavy atom. The van der Waals surface area contributed by atoms with E-state index in [4.69, 9.17) is 0 Å². The predicted octanol–water partition coefficient (Wildman–Crippen LogP) is 3.21. The first-order chi connectivity index (χ1) is 10.1. The topological polar surface area (TPSA) is 66.9 Å². The molecule has 7 heteroatoms. The van der Waals surface area contributed by atoms with Gasteiger partial charge in [-0.05, 0) is 32.9 Å². The van der Waals surface area contributed by atoms with E-state index in [-0.39, 0.29) is 11.2 Å². The third kappa shape index (κ3) is 4.71. The van der Waals surface area contributed by atoms with E-state index < -0.39 is 0 Å². The Labute approximate surface area is 132 Å². The van der Waals surface area contributed by atoms with E-state index in [2.05, 4.69) is 20.8 Å². The third-order valence-electron chi connectivity index (χ3n) is 2.71. The minimum Gasteiger partial charge on any atom is -0.355 e. The first-order valence-corrected chi connectivity index (χ1v) is 8.39. The van der Waals surface area contributed by atoms with Crippen LogP contribution in [-0.4, -0.2) is 27.9 Å². The number of nitrogens with one attached hydrogen (secondary N) is 2. The summed E-state index contributed by atoms with van der Waals surface area (Å²) in [6.45, 7) is 6.46. The van der Waals surface area contributed by atoms with Crippen molar-refractivity contribution in [3.05, 3.63) is 29.8 Å². The fourth-order valence-corrected chi connectivity index (χ4v) is 3.53. The first kappa shape index (κ1) is 15.8. The van der Waals surface area contributed by atoms with Crippen molar-refractivity contribution >= 4 is 39.8 Å². The lowest BCUT2D eigenvalue weighted by Crippen LogP contribution is -2.30. The molecule has 2 aromatic rings. The van der Waals surface area contributed by atoms with Crippen LogP contribution in [0.4, 0.5) is 10.8 Å². The summed E-state index contributed by atoms with van der Waals surface area (Å²) in [5.41, 5.74) is 2.19. The maximum atomic E-state index is 11.7. The number of hydrogen-bond acceptors (Lipinski definition) is 6. The molecule has 0 saturated heterocycles. The second-order valence-electron chi connectivity index (χ2n) is 4.52. The second-order valence-corrected chi connectivity index (χ2v) is 7.08. The van der Waals surface area contributed by atoms with Gasteiger partial charge in [-0.1, -0.05) is 40.8 Å². The van der Waals surface area contributed by atoms with Crippen molar-refractivity contribution in [3.8, 4) is 0 Å². The first-order valence-electron chi connectivity index (χ1n) is 6.70. The Morgan fingerprint density at radius 1 is 1.33 bits per heavy atom. The second kappa shape index (κ2) is 7.42. The molecular weight excluding hydrogens is 304 g/mol. The van der Waals surface area contributed by atoms with Crippen LogP contribution in [0.25, 0.3) is 0 Å². The molecule has 112 valence electrons. The maximum Gasteiger partial charge on any atom is 0.233 e. The Morgan fingerprint density at radius 2 is 2.05 bits per heavy atom. The molecule has 0 radical (unpaired) electrons. The Balaban J connectivity index is 1.95. The van der Waals surface area contributed by atoms with Gasteiger partial charge in [0, 0.05) is 12.2 Å². The number of benzene rings is 1. The summed E-state index contributed by atoms with van der Waals surface area (Å²) in [6.07, 6.45) is 0. The average molecular weight is 322 g/mol. The molecule has 0 bridgehead atoms. The molecule has 1 heterocycles. The quantitative estimate of drug-likeness (QED) is 0.799. The highest BCUT2D eigenvalue weighted by molar-refractivity contribution is 8.02. The van der Waals surface area contributed by atoms with E-state index in [9.17, 15) is 4.79 Å². The van der Waals surface area contributed by atoms with Crippen LogP contribution in [0.1, 0.15) is 19.4 Å². The van der Waals surface area contributed by atoms with Crippen LogP contribution < -0.4 is 10.6 Å². The largest absolute Gasteiger partial charge is 0.355 e. The fourth-order valence-electron chi connectivity index (χ4n) is 1.59. The molecule has 2 N–H and O–H groups in total. The molecule has 2 rings (SSSR count). The van der Waals surface area contributed by atoms with Gasteiger partial charge in [0.1, 0.15) is 0 Å². The number of aromatic nitrogens is 2. The lowest BCUT2D eigenvalue weighted by atomic mass is 10.2. The van der Waals surface area contributed by atoms with Crippen LogP contribution in [0.5, 0.6) is 0 Å². The van der Waals surface area contributed by atoms with Crippen molar-refractivity contribution in [3.63, 3.8) is 0 Å². The molecule has 1 amide bonds. The van der Waals surface area contributed by atoms with Crippen molar-refractivity contribution in [2.24, 2.45) is 0 Å². The maximum absolute atomic E-state index is 11.7. The number of rotatable bonds is 6. The summed E-state index contributed by atoms with van der Waals surface area (Å²) in [4.78, 5) is 11.7. The SMILES string of the molecule is CCNC(=O)[C@H](C)Sc1nnc(Nc2ccc(C)cc2)s1. The molecule has 0 aliphatic rings. The number of hydrogen-bond donors (Lipinski definition) is 2. The van der Waals surface area contributed by atoms with Crippen molar-refractivity contribution in [1.82, 2.24) is 15.5 Å². The van der Waals surface area contributed by atoms with Gasteiger partial charge in [0.25, 0.3) is 0 Å². The molecule has 1 atom stereocenters. The highest BCUT2D eigenvalue weighted by Crippen LogP contribution is 2.30. The predicted molar refractivity (Wildman–Crippen MR) is 88.4 cm³/mol. The third-order valence-corrected chi connectivity index (χ3v) is 4.73. The standard InChI is InChI=1S/C14H18N4OS2/c1-4-15-12(19)10(3)20-14-18-17-13(21-14)16-11-7-5-9(2)6-8-11/h5-8,10H,4H2,1-3H3,(H,15,19)(H,16,17)/t10-/m0/s1. The fraction of sp³-hybridized carbons (Fsp3) is 0.357. The van der Waals surface area contributed by atoms with Gasteiger partial charge in [-0.25, -0.2) is 0 Å². The van der Waals surface area contributed by atoms with Crippen LogP contribution in [-0.2, 0) is 4.79 Å². The van der Waals surface area contributed by atoms with Crippen LogP contribution in [0.3, 0.4) is 0 Å². The van der Waals surface area contributed by atoms with Crippen molar-refractivity contribution in [2.45, 2.75) is 30.4 Å². The molecule has 1 aromatic carbocycles. The summed E-state index contributed by atoms with van der Waals surface area (Å²) < 4.78 is 0.781. The molecule has 0 saturated carbocycles. The van der Waals surface area contributed by atoms with Gasteiger partial charge in [-0.2, -0.15) is 0 Å². The zero-order chi connectivity index (χ0) is 15.2. The number of amides is 1. The highest BCUT2D eigenvalue weighted by Gasteiger charge is 2.16. The molecule has 0 aliphatic heterocycles. The normalized spacial score (nSPS) is 12.0. The van der Waals surface area contributed by atoms with E-state index in [1.807, 2.05) is 45.0 Å². The van der Waals surface area contributed by atoms with Gasteiger partial charge < -0.3 is 10.6 Å². The van der Waals surface area contributed by atoms with Crippen molar-refractivity contribution in [1.29, 1.82) is 0 Å². The summed E-state index contributed by atoms with van der Waals surface area (Å²) >= 11 is 2.86. The van der Waals surface area contributed by atoms with Crippen LogP contribution in [0, 0.1) is 6.92 Å². The minimum absolute atomic E-state index is 0.0192. The zero-order valence-corrected chi connectivity index (χ0v) is 13.8. The molecule has 0 fully saturated rings. The molecule has 21 heavy (non-hydrogen) atoms. The highest BCUT2D eigenvalue weighted by atomic mass is 32.2. The number of carbonyl (C=O) groups is 1. The Kier molecular flexibility index (Phi) is 5.58. The number of anilines is 2.